The summed E-state index contributed by atoms with van der Waals surface area (Å²) in [4.78, 5) is 20.2. The van der Waals surface area contributed by atoms with E-state index < -0.39 is 10.0 Å². The molecular weight excluding hydrogens is 386 g/mol. The Labute approximate surface area is 160 Å². The first-order valence-electron chi connectivity index (χ1n) is 7.92. The zero-order valence-electron chi connectivity index (χ0n) is 13.8. The fraction of sp³-hybridized carbons (Fsp3) is 0. The van der Waals surface area contributed by atoms with Gasteiger partial charge in [0, 0.05) is 5.56 Å². The Morgan fingerprint density at radius 1 is 0.926 bits per heavy atom. The predicted octanol–water partition coefficient (Wildman–Crippen LogP) is 3.80. The molecule has 2 heterocycles. The minimum absolute atomic E-state index is 0.0431. The van der Waals surface area contributed by atoms with E-state index in [9.17, 15) is 13.2 Å². The number of nitrogens with zero attached hydrogens (tertiary/aromatic N) is 3. The number of rotatable bonds is 4. The molecule has 0 saturated carbocycles. The Bertz CT molecular complexity index is 1250. The molecule has 0 aliphatic carbocycles. The Kier molecular flexibility index (Phi) is 4.25. The molecule has 0 aliphatic heterocycles. The van der Waals surface area contributed by atoms with Gasteiger partial charge in [-0.3, -0.25) is 4.79 Å². The third kappa shape index (κ3) is 2.90. The van der Waals surface area contributed by atoms with Crippen LogP contribution in [0.15, 0.2) is 71.6 Å². The molecule has 0 atom stereocenters. The van der Waals surface area contributed by atoms with Gasteiger partial charge in [0.1, 0.15) is 5.15 Å². The van der Waals surface area contributed by atoms with Crippen molar-refractivity contribution < 1.29 is 13.2 Å². The summed E-state index contributed by atoms with van der Waals surface area (Å²) in [6.07, 6.45) is 0.459. The fourth-order valence-electron chi connectivity index (χ4n) is 2.79. The molecule has 0 saturated heterocycles. The maximum absolute atomic E-state index is 13.1. The van der Waals surface area contributed by atoms with E-state index in [0.29, 0.717) is 11.8 Å². The summed E-state index contributed by atoms with van der Waals surface area (Å²) >= 11 is 6.28. The Balaban J connectivity index is 2.05. The van der Waals surface area contributed by atoms with Crippen molar-refractivity contribution in [3.05, 3.63) is 77.6 Å². The van der Waals surface area contributed by atoms with E-state index in [1.807, 2.05) is 18.2 Å². The summed E-state index contributed by atoms with van der Waals surface area (Å²) in [5, 5.41) is 0.363. The largest absolute Gasteiger partial charge is 0.296 e. The summed E-state index contributed by atoms with van der Waals surface area (Å²) in [5.74, 6) is 0.271. The van der Waals surface area contributed by atoms with E-state index in [2.05, 4.69) is 9.97 Å². The van der Waals surface area contributed by atoms with Crippen molar-refractivity contribution in [2.24, 2.45) is 0 Å². The lowest BCUT2D eigenvalue weighted by molar-refractivity contribution is 0.111. The van der Waals surface area contributed by atoms with Gasteiger partial charge in [-0.2, -0.15) is 0 Å². The van der Waals surface area contributed by atoms with Crippen LogP contribution in [0.1, 0.15) is 10.5 Å². The Morgan fingerprint density at radius 2 is 1.56 bits per heavy atom. The number of fused-ring (bicyclic) bond motifs is 1. The molecule has 4 aromatic rings. The number of halogens is 1. The van der Waals surface area contributed by atoms with Gasteiger partial charge in [0.05, 0.1) is 16.0 Å². The molecule has 0 amide bonds. The number of aldehydes is 1. The average molecular weight is 398 g/mol. The lowest BCUT2D eigenvalue weighted by atomic mass is 10.2. The van der Waals surface area contributed by atoms with Crippen molar-refractivity contribution in [2.45, 2.75) is 4.90 Å². The first-order valence-corrected chi connectivity index (χ1v) is 9.74. The molecule has 6 nitrogen and oxygen atoms in total. The second-order valence-electron chi connectivity index (χ2n) is 5.71. The second-order valence-corrected chi connectivity index (χ2v) is 7.86. The molecule has 0 fully saturated rings. The molecule has 2 aromatic carbocycles. The highest BCUT2D eigenvalue weighted by atomic mass is 35.5. The molecule has 0 N–H and O–H groups in total. The van der Waals surface area contributed by atoms with Gasteiger partial charge >= 0.3 is 0 Å². The maximum atomic E-state index is 13.1. The van der Waals surface area contributed by atoms with E-state index in [-0.39, 0.29) is 32.6 Å². The van der Waals surface area contributed by atoms with Crippen molar-refractivity contribution in [3.63, 3.8) is 0 Å². The third-order valence-electron chi connectivity index (χ3n) is 4.03. The van der Waals surface area contributed by atoms with E-state index in [1.54, 1.807) is 30.3 Å². The van der Waals surface area contributed by atoms with Gasteiger partial charge in [0.15, 0.2) is 17.8 Å². The monoisotopic (exact) mass is 397 g/mol. The van der Waals surface area contributed by atoms with Crippen LogP contribution < -0.4 is 0 Å². The summed E-state index contributed by atoms with van der Waals surface area (Å²) < 4.78 is 27.2. The van der Waals surface area contributed by atoms with Crippen LogP contribution in [0.4, 0.5) is 0 Å². The first kappa shape index (κ1) is 17.4. The highest BCUT2D eigenvalue weighted by Gasteiger charge is 2.25. The minimum atomic E-state index is -4.04. The van der Waals surface area contributed by atoms with Crippen molar-refractivity contribution in [1.29, 1.82) is 0 Å². The molecule has 27 heavy (non-hydrogen) atoms. The zero-order valence-corrected chi connectivity index (χ0v) is 15.4. The van der Waals surface area contributed by atoms with Crippen LogP contribution in [-0.2, 0) is 10.0 Å². The summed E-state index contributed by atoms with van der Waals surface area (Å²) in [6, 6.07) is 18.3. The van der Waals surface area contributed by atoms with Crippen molar-refractivity contribution in [1.82, 2.24) is 13.9 Å². The maximum Gasteiger partial charge on any atom is 0.270 e. The molecule has 0 bridgehead atoms. The second kappa shape index (κ2) is 6.61. The van der Waals surface area contributed by atoms with Crippen LogP contribution in [0.3, 0.4) is 0 Å². The van der Waals surface area contributed by atoms with Gasteiger partial charge in [-0.05, 0) is 18.2 Å². The smallest absolute Gasteiger partial charge is 0.270 e. The van der Waals surface area contributed by atoms with Gasteiger partial charge in [0.2, 0.25) is 0 Å². The number of hydrogen-bond donors (Lipinski definition) is 0. The normalized spacial score (nSPS) is 11.6. The fourth-order valence-corrected chi connectivity index (χ4v) is 4.46. The lowest BCUT2D eigenvalue weighted by Crippen LogP contribution is -2.16. The molecule has 2 aromatic heterocycles. The van der Waals surface area contributed by atoms with Gasteiger partial charge < -0.3 is 0 Å². The average Bonchev–Trinajstić information content (AvgIpc) is 3.09. The number of benzene rings is 2. The van der Waals surface area contributed by atoms with Crippen LogP contribution in [0.2, 0.25) is 5.15 Å². The summed E-state index contributed by atoms with van der Waals surface area (Å²) in [7, 11) is -4.04. The first-order chi connectivity index (χ1) is 13.0. The van der Waals surface area contributed by atoms with Gasteiger partial charge in [-0.25, -0.2) is 22.4 Å². The Morgan fingerprint density at radius 3 is 2.19 bits per heavy atom. The Hall–Kier alpha value is -3.03. The molecule has 0 radical (unpaired) electrons. The number of carbonyl (C=O) groups is 1. The molecular formula is C19H12ClN3O3S. The van der Waals surface area contributed by atoms with Crippen LogP contribution in [0.25, 0.3) is 22.4 Å². The molecule has 8 heteroatoms. The van der Waals surface area contributed by atoms with E-state index in [1.165, 1.54) is 18.2 Å². The van der Waals surface area contributed by atoms with E-state index in [0.717, 1.165) is 3.97 Å². The highest BCUT2D eigenvalue weighted by molar-refractivity contribution is 7.90. The quantitative estimate of drug-likeness (QED) is 0.386. The highest BCUT2D eigenvalue weighted by Crippen LogP contribution is 2.30. The molecule has 0 aliphatic rings. The SMILES string of the molecule is O=Cc1cc2c(Cl)nc(-c3ccccc3)nc2n1S(=O)(=O)c1ccccc1. The molecule has 134 valence electrons. The standard InChI is InChI=1S/C19H12ClN3O3S/c20-17-16-11-14(12-24)23(27(25,26)15-9-5-2-6-10-15)19(16)22-18(21-17)13-7-3-1-4-8-13/h1-12H. The molecule has 4 rings (SSSR count). The van der Waals surface area contributed by atoms with Gasteiger partial charge in [0.25, 0.3) is 10.0 Å². The number of carbonyl (C=O) groups excluding carboxylic acids is 1. The van der Waals surface area contributed by atoms with Crippen LogP contribution >= 0.6 is 11.6 Å². The molecule has 0 unspecified atom stereocenters. The topological polar surface area (TPSA) is 81.9 Å². The van der Waals surface area contributed by atoms with Crippen LogP contribution in [0.5, 0.6) is 0 Å². The third-order valence-corrected chi connectivity index (χ3v) is 6.05. The summed E-state index contributed by atoms with van der Waals surface area (Å²) in [6.45, 7) is 0. The predicted molar refractivity (Wildman–Crippen MR) is 102 cm³/mol. The van der Waals surface area contributed by atoms with Crippen molar-refractivity contribution >= 4 is 38.9 Å². The minimum Gasteiger partial charge on any atom is -0.296 e. The van der Waals surface area contributed by atoms with Gasteiger partial charge in [-0.15, -0.1) is 0 Å². The van der Waals surface area contributed by atoms with Gasteiger partial charge in [-0.1, -0.05) is 60.1 Å². The van der Waals surface area contributed by atoms with Crippen molar-refractivity contribution in [2.75, 3.05) is 0 Å². The number of aromatic nitrogens is 3. The zero-order chi connectivity index (χ0) is 19.0. The molecule has 0 spiro atoms. The van der Waals surface area contributed by atoms with Crippen LogP contribution in [0, 0.1) is 0 Å². The van der Waals surface area contributed by atoms with E-state index >= 15 is 0 Å². The van der Waals surface area contributed by atoms with Crippen LogP contribution in [-0.4, -0.2) is 28.6 Å². The van der Waals surface area contributed by atoms with Crippen molar-refractivity contribution in [3.8, 4) is 11.4 Å². The summed E-state index contributed by atoms with van der Waals surface area (Å²) in [5.41, 5.74) is 0.661. The van der Waals surface area contributed by atoms with E-state index in [4.69, 9.17) is 11.6 Å². The lowest BCUT2D eigenvalue weighted by Gasteiger charge is -2.09. The number of hydrogen-bond acceptors (Lipinski definition) is 5.